The van der Waals surface area contributed by atoms with E-state index in [1.807, 2.05) is 12.1 Å². The molecule has 1 unspecified atom stereocenters. The van der Waals surface area contributed by atoms with Crippen molar-refractivity contribution in [2.45, 2.75) is 45.0 Å². The molecule has 0 spiro atoms. The Hall–Kier alpha value is -1.22. The standard InChI is InChI=1S/C15H21ClN2O/c1-4-6-11(5-2)18-14-9-12(19-3)7-8-13(14)17-15(18)10-16/h7-9,11H,4-6,10H2,1-3H3. The smallest absolute Gasteiger partial charge is 0.125 e. The van der Waals surface area contributed by atoms with Crippen molar-refractivity contribution in [1.82, 2.24) is 9.55 Å². The van der Waals surface area contributed by atoms with E-state index in [2.05, 4.69) is 29.5 Å². The molecule has 1 aromatic heterocycles. The van der Waals surface area contributed by atoms with Crippen molar-refractivity contribution in [3.63, 3.8) is 0 Å². The van der Waals surface area contributed by atoms with Crippen LogP contribution in [0, 0.1) is 0 Å². The second-order valence-electron chi connectivity index (χ2n) is 4.74. The van der Waals surface area contributed by atoms with E-state index in [1.54, 1.807) is 7.11 Å². The van der Waals surface area contributed by atoms with Crippen molar-refractivity contribution in [1.29, 1.82) is 0 Å². The molecule has 0 bridgehead atoms. The van der Waals surface area contributed by atoms with Gasteiger partial charge >= 0.3 is 0 Å². The number of nitrogens with zero attached hydrogens (tertiary/aromatic N) is 2. The number of alkyl halides is 1. The molecule has 0 radical (unpaired) electrons. The molecule has 0 aliphatic rings. The average molecular weight is 281 g/mol. The third-order valence-corrected chi connectivity index (χ3v) is 3.79. The second-order valence-corrected chi connectivity index (χ2v) is 5.00. The number of imidazole rings is 1. The highest BCUT2D eigenvalue weighted by molar-refractivity contribution is 6.16. The second kappa shape index (κ2) is 6.29. The maximum Gasteiger partial charge on any atom is 0.125 e. The maximum atomic E-state index is 6.06. The Morgan fingerprint density at radius 2 is 2.16 bits per heavy atom. The summed E-state index contributed by atoms with van der Waals surface area (Å²) in [5, 5.41) is 0. The molecule has 2 aromatic rings. The zero-order chi connectivity index (χ0) is 13.8. The van der Waals surface area contributed by atoms with Crippen LogP contribution in [-0.4, -0.2) is 16.7 Å². The summed E-state index contributed by atoms with van der Waals surface area (Å²) in [6, 6.07) is 6.45. The quantitative estimate of drug-likeness (QED) is 0.727. The number of hydrogen-bond acceptors (Lipinski definition) is 2. The number of benzene rings is 1. The van der Waals surface area contributed by atoms with Crippen molar-refractivity contribution in [2.75, 3.05) is 7.11 Å². The topological polar surface area (TPSA) is 27.1 Å². The van der Waals surface area contributed by atoms with Gasteiger partial charge in [-0.05, 0) is 25.0 Å². The van der Waals surface area contributed by atoms with Crippen LogP contribution in [0.25, 0.3) is 11.0 Å². The van der Waals surface area contributed by atoms with Crippen molar-refractivity contribution < 1.29 is 4.74 Å². The van der Waals surface area contributed by atoms with Gasteiger partial charge in [0.1, 0.15) is 11.6 Å². The number of fused-ring (bicyclic) bond motifs is 1. The van der Waals surface area contributed by atoms with Crippen LogP contribution in [-0.2, 0) is 5.88 Å². The maximum absolute atomic E-state index is 6.06. The van der Waals surface area contributed by atoms with Gasteiger partial charge in [-0.15, -0.1) is 11.6 Å². The van der Waals surface area contributed by atoms with Gasteiger partial charge in [-0.3, -0.25) is 0 Å². The molecule has 0 saturated heterocycles. The summed E-state index contributed by atoms with van der Waals surface area (Å²) in [6.07, 6.45) is 3.38. The predicted molar refractivity (Wildman–Crippen MR) is 80.1 cm³/mol. The van der Waals surface area contributed by atoms with E-state index in [0.717, 1.165) is 41.9 Å². The Balaban J connectivity index is 2.59. The van der Waals surface area contributed by atoms with Crippen LogP contribution in [0.3, 0.4) is 0 Å². The molecule has 1 atom stereocenters. The number of aromatic nitrogens is 2. The molecule has 1 aromatic carbocycles. The highest BCUT2D eigenvalue weighted by Gasteiger charge is 2.17. The normalized spacial score (nSPS) is 12.8. The van der Waals surface area contributed by atoms with Crippen molar-refractivity contribution in [2.24, 2.45) is 0 Å². The summed E-state index contributed by atoms with van der Waals surface area (Å²) >= 11 is 6.06. The molecule has 0 saturated carbocycles. The van der Waals surface area contributed by atoms with Crippen LogP contribution in [0.5, 0.6) is 5.75 Å². The molecular weight excluding hydrogens is 260 g/mol. The number of hydrogen-bond donors (Lipinski definition) is 0. The summed E-state index contributed by atoms with van der Waals surface area (Å²) in [4.78, 5) is 4.63. The first-order valence-electron chi connectivity index (χ1n) is 6.85. The Morgan fingerprint density at radius 1 is 1.37 bits per heavy atom. The first-order chi connectivity index (χ1) is 9.24. The lowest BCUT2D eigenvalue weighted by molar-refractivity contribution is 0.414. The van der Waals surface area contributed by atoms with Gasteiger partial charge in [0.2, 0.25) is 0 Å². The largest absolute Gasteiger partial charge is 0.497 e. The molecule has 4 heteroatoms. The van der Waals surface area contributed by atoms with E-state index in [1.165, 1.54) is 0 Å². The van der Waals surface area contributed by atoms with Gasteiger partial charge in [-0.1, -0.05) is 20.3 Å². The van der Waals surface area contributed by atoms with Gasteiger partial charge < -0.3 is 9.30 Å². The Labute approximate surface area is 119 Å². The molecule has 1 heterocycles. The summed E-state index contributed by atoms with van der Waals surface area (Å²) in [6.45, 7) is 4.42. The zero-order valence-corrected chi connectivity index (χ0v) is 12.6. The van der Waals surface area contributed by atoms with Crippen molar-refractivity contribution >= 4 is 22.6 Å². The molecule has 0 aliphatic heterocycles. The minimum Gasteiger partial charge on any atom is -0.497 e. The monoisotopic (exact) mass is 280 g/mol. The lowest BCUT2D eigenvalue weighted by Gasteiger charge is -2.19. The van der Waals surface area contributed by atoms with Crippen LogP contribution in [0.1, 0.15) is 45.0 Å². The van der Waals surface area contributed by atoms with Gasteiger partial charge in [-0.25, -0.2) is 4.98 Å². The summed E-state index contributed by atoms with van der Waals surface area (Å²) in [7, 11) is 1.69. The van der Waals surface area contributed by atoms with E-state index in [0.29, 0.717) is 11.9 Å². The number of ether oxygens (including phenoxy) is 1. The fourth-order valence-corrected chi connectivity index (χ4v) is 2.79. The highest BCUT2D eigenvalue weighted by atomic mass is 35.5. The van der Waals surface area contributed by atoms with Crippen LogP contribution in [0.4, 0.5) is 0 Å². The van der Waals surface area contributed by atoms with Crippen LogP contribution < -0.4 is 4.74 Å². The average Bonchev–Trinajstić information content (AvgIpc) is 2.82. The first kappa shape index (κ1) is 14.2. The molecule has 2 rings (SSSR count). The summed E-state index contributed by atoms with van der Waals surface area (Å²) in [5.74, 6) is 2.25. The minimum absolute atomic E-state index is 0.442. The Bertz CT molecular complexity index is 550. The van der Waals surface area contributed by atoms with Gasteiger partial charge in [0.25, 0.3) is 0 Å². The number of halogens is 1. The molecule has 3 nitrogen and oxygen atoms in total. The predicted octanol–water partition coefficient (Wildman–Crippen LogP) is 4.53. The molecule has 0 N–H and O–H groups in total. The molecule has 0 amide bonds. The van der Waals surface area contributed by atoms with Gasteiger partial charge in [-0.2, -0.15) is 0 Å². The van der Waals surface area contributed by atoms with Crippen LogP contribution in [0.2, 0.25) is 0 Å². The van der Waals surface area contributed by atoms with E-state index >= 15 is 0 Å². The number of rotatable bonds is 6. The van der Waals surface area contributed by atoms with Crippen LogP contribution in [0.15, 0.2) is 18.2 Å². The van der Waals surface area contributed by atoms with E-state index in [4.69, 9.17) is 16.3 Å². The van der Waals surface area contributed by atoms with E-state index in [9.17, 15) is 0 Å². The van der Waals surface area contributed by atoms with Crippen molar-refractivity contribution in [3.05, 3.63) is 24.0 Å². The summed E-state index contributed by atoms with van der Waals surface area (Å²) in [5.41, 5.74) is 2.11. The lowest BCUT2D eigenvalue weighted by atomic mass is 10.1. The highest BCUT2D eigenvalue weighted by Crippen LogP contribution is 2.29. The fourth-order valence-electron chi connectivity index (χ4n) is 2.60. The van der Waals surface area contributed by atoms with Gasteiger partial charge in [0.15, 0.2) is 0 Å². The third-order valence-electron chi connectivity index (χ3n) is 3.55. The first-order valence-corrected chi connectivity index (χ1v) is 7.39. The van der Waals surface area contributed by atoms with E-state index < -0.39 is 0 Å². The molecule has 104 valence electrons. The zero-order valence-electron chi connectivity index (χ0n) is 11.8. The molecular formula is C15H21ClN2O. The molecule has 0 fully saturated rings. The minimum atomic E-state index is 0.442. The fraction of sp³-hybridized carbons (Fsp3) is 0.533. The van der Waals surface area contributed by atoms with Crippen molar-refractivity contribution in [3.8, 4) is 5.75 Å². The Kier molecular flexibility index (Phi) is 4.70. The van der Waals surface area contributed by atoms with Gasteiger partial charge in [0.05, 0.1) is 24.0 Å². The third kappa shape index (κ3) is 2.71. The summed E-state index contributed by atoms with van der Waals surface area (Å²) < 4.78 is 7.61. The number of methoxy groups -OCH3 is 1. The molecule has 19 heavy (non-hydrogen) atoms. The SMILES string of the molecule is CCCC(CC)n1c(CCl)nc2ccc(OC)cc21. The lowest BCUT2D eigenvalue weighted by Crippen LogP contribution is -2.10. The molecule has 0 aliphatic carbocycles. The van der Waals surface area contributed by atoms with Gasteiger partial charge in [0, 0.05) is 12.1 Å². The van der Waals surface area contributed by atoms with E-state index in [-0.39, 0.29) is 0 Å². The van der Waals surface area contributed by atoms with Crippen LogP contribution >= 0.6 is 11.6 Å². The Morgan fingerprint density at radius 3 is 2.74 bits per heavy atom.